The second kappa shape index (κ2) is 10.8. The van der Waals surface area contributed by atoms with Crippen molar-refractivity contribution < 1.29 is 19.0 Å². The summed E-state index contributed by atoms with van der Waals surface area (Å²) in [6, 6.07) is 12.0. The smallest absolute Gasteiger partial charge is 0.338 e. The summed E-state index contributed by atoms with van der Waals surface area (Å²) >= 11 is 0. The van der Waals surface area contributed by atoms with Gasteiger partial charge in [-0.05, 0) is 78.0 Å². The molecule has 1 fully saturated rings. The number of fused-ring (bicyclic) bond motifs is 3. The van der Waals surface area contributed by atoms with Gasteiger partial charge in [-0.25, -0.2) is 4.79 Å². The Hall–Kier alpha value is -2.57. The zero-order chi connectivity index (χ0) is 24.2. The van der Waals surface area contributed by atoms with Crippen LogP contribution in [0, 0.1) is 17.8 Å². The van der Waals surface area contributed by atoms with E-state index in [1.54, 1.807) is 26.4 Å². The number of nitrogens with zero attached hydrogens (tertiary/aromatic N) is 1. The number of carbonyl (C=O) groups is 1. The minimum atomic E-state index is -0.259. The van der Waals surface area contributed by atoms with Crippen LogP contribution < -0.4 is 15.2 Å². The van der Waals surface area contributed by atoms with Crippen molar-refractivity contribution in [3.05, 3.63) is 58.7 Å². The third kappa shape index (κ3) is 5.23. The maximum Gasteiger partial charge on any atom is 0.338 e. The summed E-state index contributed by atoms with van der Waals surface area (Å²) in [5.74, 6) is 2.72. The van der Waals surface area contributed by atoms with Gasteiger partial charge in [-0.15, -0.1) is 0 Å². The predicted octanol–water partition coefficient (Wildman–Crippen LogP) is 4.60. The second-order valence-corrected chi connectivity index (χ2v) is 10.1. The second-order valence-electron chi connectivity index (χ2n) is 10.1. The SMILES string of the molecule is COc1cc2c(cc1OC)[C@H]1C[C@@H](COC(=O)c3ccc(CN)cc3)[C@H](CC(C)C)CN1CC2. The van der Waals surface area contributed by atoms with Crippen LogP contribution in [0.2, 0.25) is 0 Å². The molecule has 34 heavy (non-hydrogen) atoms. The molecular weight excluding hydrogens is 428 g/mol. The van der Waals surface area contributed by atoms with Crippen LogP contribution in [0.5, 0.6) is 11.5 Å². The average Bonchev–Trinajstić information content (AvgIpc) is 2.85. The molecule has 3 atom stereocenters. The topological polar surface area (TPSA) is 74.0 Å². The fourth-order valence-corrected chi connectivity index (χ4v) is 5.62. The van der Waals surface area contributed by atoms with Crippen LogP contribution in [-0.4, -0.2) is 44.8 Å². The lowest BCUT2D eigenvalue weighted by molar-refractivity contribution is 0.0000180. The first-order chi connectivity index (χ1) is 16.4. The fourth-order valence-electron chi connectivity index (χ4n) is 5.62. The quantitative estimate of drug-likeness (QED) is 0.573. The summed E-state index contributed by atoms with van der Waals surface area (Å²) in [6.07, 6.45) is 3.12. The van der Waals surface area contributed by atoms with E-state index in [2.05, 4.69) is 30.9 Å². The first kappa shape index (κ1) is 24.6. The predicted molar refractivity (Wildman–Crippen MR) is 133 cm³/mol. The Bertz CT molecular complexity index is 989. The number of hydrogen-bond acceptors (Lipinski definition) is 6. The zero-order valence-electron chi connectivity index (χ0n) is 20.9. The van der Waals surface area contributed by atoms with Crippen LogP contribution in [0.3, 0.4) is 0 Å². The average molecular weight is 467 g/mol. The van der Waals surface area contributed by atoms with Gasteiger partial charge < -0.3 is 19.9 Å². The Morgan fingerprint density at radius 1 is 1.09 bits per heavy atom. The number of carbonyl (C=O) groups excluding carboxylic acids is 1. The molecule has 0 saturated carbocycles. The van der Waals surface area contributed by atoms with Crippen LogP contribution in [0.4, 0.5) is 0 Å². The van der Waals surface area contributed by atoms with Gasteiger partial charge >= 0.3 is 5.97 Å². The van der Waals surface area contributed by atoms with Crippen molar-refractivity contribution in [1.29, 1.82) is 0 Å². The molecule has 2 aliphatic rings. The minimum absolute atomic E-state index is 0.259. The summed E-state index contributed by atoms with van der Waals surface area (Å²) in [5, 5.41) is 0. The summed E-state index contributed by atoms with van der Waals surface area (Å²) in [6.45, 7) is 7.53. The van der Waals surface area contributed by atoms with E-state index in [1.807, 2.05) is 12.1 Å². The van der Waals surface area contributed by atoms with Crippen LogP contribution in [0.25, 0.3) is 0 Å². The van der Waals surface area contributed by atoms with Crippen molar-refractivity contribution in [2.45, 2.75) is 45.7 Å². The maximum atomic E-state index is 12.8. The Balaban J connectivity index is 1.53. The molecule has 0 bridgehead atoms. The highest BCUT2D eigenvalue weighted by Gasteiger charge is 2.40. The largest absolute Gasteiger partial charge is 0.493 e. The molecule has 0 aromatic heterocycles. The number of nitrogens with two attached hydrogens (primary N) is 1. The minimum Gasteiger partial charge on any atom is -0.493 e. The Morgan fingerprint density at radius 3 is 2.44 bits per heavy atom. The molecule has 0 unspecified atom stereocenters. The molecule has 4 rings (SSSR count). The van der Waals surface area contributed by atoms with E-state index >= 15 is 0 Å². The number of piperidine rings is 1. The Morgan fingerprint density at radius 2 is 1.79 bits per heavy atom. The lowest BCUT2D eigenvalue weighted by Gasteiger charge is -2.47. The van der Waals surface area contributed by atoms with Crippen molar-refractivity contribution in [3.8, 4) is 11.5 Å². The van der Waals surface area contributed by atoms with Crippen LogP contribution in [0.1, 0.15) is 59.8 Å². The number of ether oxygens (including phenoxy) is 3. The zero-order valence-corrected chi connectivity index (χ0v) is 20.9. The first-order valence-corrected chi connectivity index (χ1v) is 12.4. The molecule has 2 heterocycles. The summed E-state index contributed by atoms with van der Waals surface area (Å²) in [5.41, 5.74) is 9.91. The first-order valence-electron chi connectivity index (χ1n) is 12.4. The van der Waals surface area contributed by atoms with Gasteiger partial charge in [0.15, 0.2) is 11.5 Å². The fraction of sp³-hybridized carbons (Fsp3) is 0.536. The van der Waals surface area contributed by atoms with E-state index in [0.29, 0.717) is 42.5 Å². The van der Waals surface area contributed by atoms with Crippen LogP contribution >= 0.6 is 0 Å². The highest BCUT2D eigenvalue weighted by atomic mass is 16.5. The van der Waals surface area contributed by atoms with E-state index < -0.39 is 0 Å². The molecule has 0 spiro atoms. The standard InChI is InChI=1S/C28H38N2O4/c1-18(2)11-22-16-30-10-9-21-13-26(32-3)27(33-4)14-24(21)25(30)12-23(22)17-34-28(31)20-7-5-19(15-29)6-8-20/h5-8,13-14,18,22-23,25H,9-12,15-17,29H2,1-4H3/t22-,23+,25-/m1/s1. The van der Waals surface area contributed by atoms with Gasteiger partial charge in [-0.2, -0.15) is 0 Å². The third-order valence-electron chi connectivity index (χ3n) is 7.40. The molecule has 6 heteroatoms. The number of rotatable bonds is 8. The van der Waals surface area contributed by atoms with Crippen molar-refractivity contribution >= 4 is 5.97 Å². The van der Waals surface area contributed by atoms with Gasteiger partial charge in [0, 0.05) is 25.7 Å². The van der Waals surface area contributed by atoms with Crippen LogP contribution in [-0.2, 0) is 17.7 Å². The van der Waals surface area contributed by atoms with E-state index in [1.165, 1.54) is 11.1 Å². The normalized spacial score (nSPS) is 22.1. The van der Waals surface area contributed by atoms with Gasteiger partial charge in [0.05, 0.1) is 26.4 Å². The van der Waals surface area contributed by atoms with Crippen molar-refractivity contribution in [1.82, 2.24) is 4.90 Å². The van der Waals surface area contributed by atoms with E-state index in [0.717, 1.165) is 49.4 Å². The number of methoxy groups -OCH3 is 2. The molecule has 2 aromatic carbocycles. The van der Waals surface area contributed by atoms with Gasteiger partial charge in [0.25, 0.3) is 0 Å². The van der Waals surface area contributed by atoms with E-state index in [9.17, 15) is 4.79 Å². The lowest BCUT2D eigenvalue weighted by atomic mass is 9.74. The van der Waals surface area contributed by atoms with Crippen molar-refractivity contribution in [2.24, 2.45) is 23.5 Å². The summed E-state index contributed by atoms with van der Waals surface area (Å²) in [4.78, 5) is 15.4. The monoisotopic (exact) mass is 466 g/mol. The van der Waals surface area contributed by atoms with Crippen LogP contribution in [0.15, 0.2) is 36.4 Å². The molecule has 0 radical (unpaired) electrons. The molecular formula is C28H38N2O4. The maximum absolute atomic E-state index is 12.8. The Kier molecular flexibility index (Phi) is 7.79. The molecule has 0 aliphatic carbocycles. The van der Waals surface area contributed by atoms with Gasteiger partial charge in [-0.1, -0.05) is 26.0 Å². The summed E-state index contributed by atoms with van der Waals surface area (Å²) in [7, 11) is 3.37. The van der Waals surface area contributed by atoms with Gasteiger partial charge in [0.1, 0.15) is 0 Å². The van der Waals surface area contributed by atoms with Gasteiger partial charge in [-0.3, -0.25) is 4.90 Å². The number of esters is 1. The molecule has 6 nitrogen and oxygen atoms in total. The molecule has 184 valence electrons. The van der Waals surface area contributed by atoms with Crippen molar-refractivity contribution in [3.63, 3.8) is 0 Å². The molecule has 2 aromatic rings. The summed E-state index contributed by atoms with van der Waals surface area (Å²) < 4.78 is 17.0. The number of benzene rings is 2. The molecule has 0 amide bonds. The third-order valence-corrected chi connectivity index (χ3v) is 7.40. The van der Waals surface area contributed by atoms with Crippen molar-refractivity contribution in [2.75, 3.05) is 33.9 Å². The van der Waals surface area contributed by atoms with Gasteiger partial charge in [0.2, 0.25) is 0 Å². The lowest BCUT2D eigenvalue weighted by Crippen LogP contribution is -2.47. The molecule has 1 saturated heterocycles. The van der Waals surface area contributed by atoms with E-state index in [-0.39, 0.29) is 5.97 Å². The molecule has 2 N–H and O–H groups in total. The molecule has 2 aliphatic heterocycles. The Labute approximate surface area is 203 Å². The highest BCUT2D eigenvalue weighted by Crippen LogP contribution is 2.45. The van der Waals surface area contributed by atoms with E-state index in [4.69, 9.17) is 19.9 Å². The number of hydrogen-bond donors (Lipinski definition) is 1. The highest BCUT2D eigenvalue weighted by molar-refractivity contribution is 5.89.